The molecule has 0 saturated carbocycles. The van der Waals surface area contributed by atoms with Crippen molar-refractivity contribution < 1.29 is 4.52 Å². The van der Waals surface area contributed by atoms with Crippen LogP contribution in [0.1, 0.15) is 49.9 Å². The van der Waals surface area contributed by atoms with Crippen molar-refractivity contribution in [3.63, 3.8) is 0 Å². The SMILES string of the molecule is CCCC1(c2nc(Cc3ccncc3)no2)CCNCC1. The molecule has 1 saturated heterocycles. The van der Waals surface area contributed by atoms with Gasteiger partial charge in [0, 0.05) is 18.8 Å². The summed E-state index contributed by atoms with van der Waals surface area (Å²) in [6, 6.07) is 3.98. The van der Waals surface area contributed by atoms with E-state index in [0.29, 0.717) is 6.42 Å². The third-order valence-electron chi connectivity index (χ3n) is 4.32. The number of pyridine rings is 1. The second-order valence-electron chi connectivity index (χ2n) is 5.83. The first kappa shape index (κ1) is 14.2. The van der Waals surface area contributed by atoms with Gasteiger partial charge in [0.1, 0.15) is 0 Å². The van der Waals surface area contributed by atoms with Gasteiger partial charge in [-0.3, -0.25) is 4.98 Å². The van der Waals surface area contributed by atoms with Crippen molar-refractivity contribution in [2.75, 3.05) is 13.1 Å². The number of hydrogen-bond acceptors (Lipinski definition) is 5. The van der Waals surface area contributed by atoms with Crippen molar-refractivity contribution in [2.45, 2.75) is 44.4 Å². The molecule has 112 valence electrons. The maximum Gasteiger partial charge on any atom is 0.232 e. The van der Waals surface area contributed by atoms with Crippen LogP contribution in [0.3, 0.4) is 0 Å². The van der Waals surface area contributed by atoms with Crippen molar-refractivity contribution in [3.8, 4) is 0 Å². The van der Waals surface area contributed by atoms with Gasteiger partial charge < -0.3 is 9.84 Å². The minimum atomic E-state index is 0.0729. The van der Waals surface area contributed by atoms with Crippen LogP contribution in [0.5, 0.6) is 0 Å². The quantitative estimate of drug-likeness (QED) is 0.914. The maximum atomic E-state index is 5.63. The summed E-state index contributed by atoms with van der Waals surface area (Å²) in [6.07, 6.45) is 8.71. The van der Waals surface area contributed by atoms with Gasteiger partial charge >= 0.3 is 0 Å². The van der Waals surface area contributed by atoms with E-state index in [4.69, 9.17) is 9.51 Å². The first-order valence-corrected chi connectivity index (χ1v) is 7.75. The normalized spacial score (nSPS) is 17.8. The summed E-state index contributed by atoms with van der Waals surface area (Å²) < 4.78 is 5.63. The number of piperidine rings is 1. The standard InChI is InChI=1S/C16H22N4O/c1-2-5-16(6-10-18-11-7-16)15-19-14(20-21-15)12-13-3-8-17-9-4-13/h3-4,8-9,18H,2,5-7,10-12H2,1H3. The van der Waals surface area contributed by atoms with Crippen LogP contribution in [-0.2, 0) is 11.8 Å². The van der Waals surface area contributed by atoms with Gasteiger partial charge in [-0.2, -0.15) is 4.98 Å². The van der Waals surface area contributed by atoms with Crippen molar-refractivity contribution in [1.29, 1.82) is 0 Å². The predicted molar refractivity (Wildman–Crippen MR) is 80.0 cm³/mol. The van der Waals surface area contributed by atoms with E-state index in [0.717, 1.165) is 56.1 Å². The summed E-state index contributed by atoms with van der Waals surface area (Å²) >= 11 is 0. The molecule has 1 fully saturated rings. The molecule has 0 bridgehead atoms. The molecule has 5 heteroatoms. The topological polar surface area (TPSA) is 63.8 Å². The highest BCUT2D eigenvalue weighted by Crippen LogP contribution is 2.36. The number of hydrogen-bond donors (Lipinski definition) is 1. The van der Waals surface area contributed by atoms with Crippen LogP contribution >= 0.6 is 0 Å². The minimum Gasteiger partial charge on any atom is -0.339 e. The molecule has 2 aromatic rings. The van der Waals surface area contributed by atoms with Crippen LogP contribution < -0.4 is 5.32 Å². The van der Waals surface area contributed by atoms with Gasteiger partial charge in [-0.1, -0.05) is 18.5 Å². The monoisotopic (exact) mass is 286 g/mol. The Morgan fingerprint density at radius 2 is 2.00 bits per heavy atom. The van der Waals surface area contributed by atoms with Gasteiger partial charge in [0.2, 0.25) is 5.89 Å². The van der Waals surface area contributed by atoms with E-state index in [1.807, 2.05) is 12.1 Å². The Morgan fingerprint density at radius 1 is 1.24 bits per heavy atom. The van der Waals surface area contributed by atoms with Gasteiger partial charge in [-0.25, -0.2) is 0 Å². The van der Waals surface area contributed by atoms with Crippen molar-refractivity contribution in [2.24, 2.45) is 0 Å². The van der Waals surface area contributed by atoms with E-state index >= 15 is 0 Å². The third-order valence-corrected chi connectivity index (χ3v) is 4.32. The Bertz CT molecular complexity index is 555. The summed E-state index contributed by atoms with van der Waals surface area (Å²) in [5, 5.41) is 7.60. The molecule has 1 aliphatic heterocycles. The van der Waals surface area contributed by atoms with E-state index in [-0.39, 0.29) is 5.41 Å². The molecule has 0 aliphatic carbocycles. The van der Waals surface area contributed by atoms with Crippen molar-refractivity contribution in [1.82, 2.24) is 20.4 Å². The number of aromatic nitrogens is 3. The zero-order valence-corrected chi connectivity index (χ0v) is 12.5. The van der Waals surface area contributed by atoms with E-state index in [1.54, 1.807) is 12.4 Å². The van der Waals surface area contributed by atoms with Crippen LogP contribution in [0, 0.1) is 0 Å². The molecule has 0 atom stereocenters. The molecule has 0 unspecified atom stereocenters. The Balaban J connectivity index is 1.79. The Labute approximate surface area is 125 Å². The van der Waals surface area contributed by atoms with Crippen LogP contribution in [0.4, 0.5) is 0 Å². The minimum absolute atomic E-state index is 0.0729. The predicted octanol–water partition coefficient (Wildman–Crippen LogP) is 2.48. The maximum absolute atomic E-state index is 5.63. The van der Waals surface area contributed by atoms with Crippen LogP contribution in [0.25, 0.3) is 0 Å². The molecule has 0 spiro atoms. The van der Waals surface area contributed by atoms with Gasteiger partial charge in [0.05, 0.1) is 5.41 Å². The fourth-order valence-electron chi connectivity index (χ4n) is 3.18. The fourth-order valence-corrected chi connectivity index (χ4v) is 3.18. The Kier molecular flexibility index (Phi) is 4.29. The second-order valence-corrected chi connectivity index (χ2v) is 5.83. The largest absolute Gasteiger partial charge is 0.339 e. The average molecular weight is 286 g/mol. The zero-order chi connectivity index (χ0) is 14.5. The Morgan fingerprint density at radius 3 is 2.71 bits per heavy atom. The first-order chi connectivity index (χ1) is 10.3. The van der Waals surface area contributed by atoms with Gasteiger partial charge in [0.15, 0.2) is 5.82 Å². The van der Waals surface area contributed by atoms with E-state index < -0.39 is 0 Å². The van der Waals surface area contributed by atoms with Crippen LogP contribution in [-0.4, -0.2) is 28.2 Å². The molecule has 0 radical (unpaired) electrons. The van der Waals surface area contributed by atoms with Crippen molar-refractivity contribution >= 4 is 0 Å². The first-order valence-electron chi connectivity index (χ1n) is 7.75. The number of nitrogens with zero attached hydrogens (tertiary/aromatic N) is 3. The third kappa shape index (κ3) is 3.13. The van der Waals surface area contributed by atoms with Gasteiger partial charge in [-0.05, 0) is 50.0 Å². The summed E-state index contributed by atoms with van der Waals surface area (Å²) in [6.45, 7) is 4.28. The number of nitrogens with one attached hydrogen (secondary N) is 1. The molecule has 5 nitrogen and oxygen atoms in total. The molecule has 1 N–H and O–H groups in total. The molecule has 1 aliphatic rings. The molecule has 3 rings (SSSR count). The lowest BCUT2D eigenvalue weighted by molar-refractivity contribution is 0.208. The average Bonchev–Trinajstić information content (AvgIpc) is 2.99. The summed E-state index contributed by atoms with van der Waals surface area (Å²) in [7, 11) is 0. The molecular formula is C16H22N4O. The molecule has 2 aromatic heterocycles. The van der Waals surface area contributed by atoms with Gasteiger partial charge in [0.25, 0.3) is 0 Å². The van der Waals surface area contributed by atoms with E-state index in [2.05, 4.69) is 22.4 Å². The zero-order valence-electron chi connectivity index (χ0n) is 12.5. The second kappa shape index (κ2) is 6.35. The smallest absolute Gasteiger partial charge is 0.232 e. The highest BCUT2D eigenvalue weighted by molar-refractivity contribution is 5.16. The van der Waals surface area contributed by atoms with E-state index in [1.165, 1.54) is 0 Å². The molecule has 0 aromatic carbocycles. The highest BCUT2D eigenvalue weighted by Gasteiger charge is 2.38. The molecule has 21 heavy (non-hydrogen) atoms. The Hall–Kier alpha value is -1.75. The lowest BCUT2D eigenvalue weighted by atomic mass is 9.75. The molecule has 3 heterocycles. The summed E-state index contributed by atoms with van der Waals surface area (Å²) in [4.78, 5) is 8.72. The summed E-state index contributed by atoms with van der Waals surface area (Å²) in [5.74, 6) is 1.60. The molecule has 0 amide bonds. The van der Waals surface area contributed by atoms with Gasteiger partial charge in [-0.15, -0.1) is 0 Å². The number of rotatable bonds is 5. The van der Waals surface area contributed by atoms with Crippen LogP contribution in [0.15, 0.2) is 29.0 Å². The highest BCUT2D eigenvalue weighted by atomic mass is 16.5. The molecular weight excluding hydrogens is 264 g/mol. The van der Waals surface area contributed by atoms with Crippen LogP contribution in [0.2, 0.25) is 0 Å². The fraction of sp³-hybridized carbons (Fsp3) is 0.562. The lowest BCUT2D eigenvalue weighted by Crippen LogP contribution is -2.40. The van der Waals surface area contributed by atoms with Crippen molar-refractivity contribution in [3.05, 3.63) is 41.8 Å². The summed E-state index contributed by atoms with van der Waals surface area (Å²) in [5.41, 5.74) is 1.23. The van der Waals surface area contributed by atoms with E-state index in [9.17, 15) is 0 Å². The lowest BCUT2D eigenvalue weighted by Gasteiger charge is -2.34.